The quantitative estimate of drug-likeness (QED) is 0.730. The fourth-order valence-corrected chi connectivity index (χ4v) is 4.13. The molecule has 0 radical (unpaired) electrons. The van der Waals surface area contributed by atoms with E-state index in [1.807, 2.05) is 0 Å². The van der Waals surface area contributed by atoms with E-state index < -0.39 is 11.4 Å². The average Bonchev–Trinajstić information content (AvgIpc) is 3.04. The number of allylic oxidation sites excluding steroid dienone is 2. The Morgan fingerprint density at radius 2 is 1.91 bits per heavy atom. The van der Waals surface area contributed by atoms with Crippen LogP contribution in [0.5, 0.6) is 0 Å². The fraction of sp³-hybridized carbons (Fsp3) is 0.833. The lowest BCUT2D eigenvalue weighted by Crippen LogP contribution is -2.46. The summed E-state index contributed by atoms with van der Waals surface area (Å²) in [5.74, 6) is -0.404. The summed E-state index contributed by atoms with van der Waals surface area (Å²) in [4.78, 5) is 11.7. The molecule has 0 amide bonds. The molecule has 3 atom stereocenters. The van der Waals surface area contributed by atoms with Gasteiger partial charge in [0.25, 0.3) is 0 Å². The summed E-state index contributed by atoms with van der Waals surface area (Å²) in [5, 5.41) is 12.0. The Bertz CT molecular complexity index is 423. The van der Waals surface area contributed by atoms with E-state index in [1.165, 1.54) is 51.4 Å². The van der Waals surface area contributed by atoms with Crippen LogP contribution in [0, 0.1) is 11.3 Å². The van der Waals surface area contributed by atoms with Crippen LogP contribution in [0.3, 0.4) is 0 Å². The van der Waals surface area contributed by atoms with Crippen molar-refractivity contribution in [1.82, 2.24) is 10.4 Å². The number of nitrogens with zero attached hydrogens (tertiary/aromatic N) is 1. The number of aliphatic carboxylic acids is 1. The molecule has 1 aliphatic carbocycles. The molecule has 2 heterocycles. The third-order valence-corrected chi connectivity index (χ3v) is 5.81. The van der Waals surface area contributed by atoms with Gasteiger partial charge in [-0.1, -0.05) is 37.8 Å². The first-order valence-electron chi connectivity index (χ1n) is 9.12. The standard InChI is InChI=1S/C18H30N2O2/c21-17(22)18-13-15(18)9-6-4-2-1-3-5-7-10-16-11-8-12-20(16)19-14-18/h6,9,15-16,19H,1-5,7-8,10-14H2,(H,21,22)/b9-6-. The van der Waals surface area contributed by atoms with Crippen LogP contribution in [-0.4, -0.2) is 35.2 Å². The van der Waals surface area contributed by atoms with Crippen LogP contribution in [-0.2, 0) is 4.79 Å². The van der Waals surface area contributed by atoms with Gasteiger partial charge in [-0.15, -0.1) is 0 Å². The first-order chi connectivity index (χ1) is 10.7. The van der Waals surface area contributed by atoms with Crippen molar-refractivity contribution in [2.75, 3.05) is 13.1 Å². The molecule has 3 unspecified atom stereocenters. The Morgan fingerprint density at radius 1 is 1.14 bits per heavy atom. The summed E-state index contributed by atoms with van der Waals surface area (Å²) < 4.78 is 0. The highest BCUT2D eigenvalue weighted by Crippen LogP contribution is 2.53. The maximum absolute atomic E-state index is 11.7. The van der Waals surface area contributed by atoms with Crippen LogP contribution >= 0.6 is 0 Å². The molecule has 0 spiro atoms. The van der Waals surface area contributed by atoms with Gasteiger partial charge >= 0.3 is 5.97 Å². The second-order valence-electron chi connectivity index (χ2n) is 7.37. The number of hydrogen-bond donors (Lipinski definition) is 2. The number of carbonyl (C=O) groups is 1. The molecule has 3 aliphatic rings. The lowest BCUT2D eigenvalue weighted by atomic mass is 10.0. The summed E-state index contributed by atoms with van der Waals surface area (Å²) in [5.41, 5.74) is 2.93. The van der Waals surface area contributed by atoms with Crippen molar-refractivity contribution >= 4 is 5.97 Å². The van der Waals surface area contributed by atoms with E-state index in [0.717, 1.165) is 19.4 Å². The molecule has 22 heavy (non-hydrogen) atoms. The molecule has 0 aromatic carbocycles. The Balaban J connectivity index is 1.64. The zero-order valence-corrected chi connectivity index (χ0v) is 13.6. The Labute approximate surface area is 133 Å². The van der Waals surface area contributed by atoms with Crippen LogP contribution in [0.4, 0.5) is 0 Å². The highest BCUT2D eigenvalue weighted by molar-refractivity contribution is 5.79. The summed E-state index contributed by atoms with van der Waals surface area (Å²) >= 11 is 0. The summed E-state index contributed by atoms with van der Waals surface area (Å²) in [6.45, 7) is 1.66. The molecule has 0 aromatic heterocycles. The van der Waals surface area contributed by atoms with Crippen LogP contribution in [0.15, 0.2) is 12.2 Å². The molecule has 3 rings (SSSR count). The third-order valence-electron chi connectivity index (χ3n) is 5.81. The van der Waals surface area contributed by atoms with E-state index in [1.54, 1.807) is 0 Å². The van der Waals surface area contributed by atoms with E-state index in [9.17, 15) is 9.90 Å². The summed E-state index contributed by atoms with van der Waals surface area (Å²) in [6.07, 6.45) is 16.6. The number of carboxylic acid groups (broad SMARTS) is 1. The summed E-state index contributed by atoms with van der Waals surface area (Å²) in [6, 6.07) is 0.615. The van der Waals surface area contributed by atoms with Crippen molar-refractivity contribution in [2.24, 2.45) is 11.3 Å². The van der Waals surface area contributed by atoms with Gasteiger partial charge in [-0.25, -0.2) is 5.01 Å². The smallest absolute Gasteiger partial charge is 0.311 e. The minimum absolute atomic E-state index is 0.226. The normalized spacial score (nSPS) is 39.1. The van der Waals surface area contributed by atoms with Crippen molar-refractivity contribution in [1.29, 1.82) is 0 Å². The lowest BCUT2D eigenvalue weighted by molar-refractivity contribution is -0.144. The van der Waals surface area contributed by atoms with Gasteiger partial charge in [-0.3, -0.25) is 10.2 Å². The molecule has 1 saturated heterocycles. The predicted octanol–water partition coefficient (Wildman–Crippen LogP) is 3.35. The predicted molar refractivity (Wildman–Crippen MR) is 87.4 cm³/mol. The van der Waals surface area contributed by atoms with Crippen molar-refractivity contribution in [3.05, 3.63) is 12.2 Å². The maximum Gasteiger partial charge on any atom is 0.311 e. The van der Waals surface area contributed by atoms with Gasteiger partial charge in [0.1, 0.15) is 0 Å². The molecule has 4 nitrogen and oxygen atoms in total. The van der Waals surface area contributed by atoms with Crippen LogP contribution in [0.25, 0.3) is 0 Å². The molecule has 0 bridgehead atoms. The number of carboxylic acids is 1. The van der Waals surface area contributed by atoms with Crippen LogP contribution < -0.4 is 5.43 Å². The summed E-state index contributed by atoms with van der Waals surface area (Å²) in [7, 11) is 0. The molecule has 0 aromatic rings. The van der Waals surface area contributed by atoms with E-state index >= 15 is 0 Å². The third kappa shape index (κ3) is 3.54. The first-order valence-corrected chi connectivity index (χ1v) is 9.12. The second-order valence-corrected chi connectivity index (χ2v) is 7.37. The van der Waals surface area contributed by atoms with Crippen LogP contribution in [0.2, 0.25) is 0 Å². The average molecular weight is 306 g/mol. The largest absolute Gasteiger partial charge is 0.481 e. The number of hydrogen-bond acceptors (Lipinski definition) is 3. The highest BCUT2D eigenvalue weighted by atomic mass is 16.4. The van der Waals surface area contributed by atoms with Gasteiger partial charge in [0.2, 0.25) is 0 Å². The van der Waals surface area contributed by atoms with Crippen LogP contribution in [0.1, 0.15) is 64.2 Å². The molecule has 4 heteroatoms. The van der Waals surface area contributed by atoms with E-state index in [2.05, 4.69) is 22.6 Å². The van der Waals surface area contributed by atoms with Gasteiger partial charge in [-0.05, 0) is 44.4 Å². The maximum atomic E-state index is 11.7. The molecule has 1 saturated carbocycles. The Morgan fingerprint density at radius 3 is 2.77 bits per heavy atom. The molecule has 2 aliphatic heterocycles. The lowest BCUT2D eigenvalue weighted by Gasteiger charge is -2.27. The molecule has 124 valence electrons. The van der Waals surface area contributed by atoms with Gasteiger partial charge in [0.15, 0.2) is 0 Å². The van der Waals surface area contributed by atoms with Gasteiger partial charge in [-0.2, -0.15) is 0 Å². The number of nitrogens with one attached hydrogen (secondary N) is 1. The van der Waals surface area contributed by atoms with Crippen molar-refractivity contribution in [2.45, 2.75) is 70.3 Å². The number of rotatable bonds is 1. The number of hydrazine groups is 1. The highest BCUT2D eigenvalue weighted by Gasteiger charge is 2.59. The molecule has 2 fully saturated rings. The van der Waals surface area contributed by atoms with Crippen molar-refractivity contribution in [3.8, 4) is 0 Å². The van der Waals surface area contributed by atoms with Crippen molar-refractivity contribution < 1.29 is 9.90 Å². The fourth-order valence-electron chi connectivity index (χ4n) is 4.13. The van der Waals surface area contributed by atoms with E-state index in [4.69, 9.17) is 0 Å². The monoisotopic (exact) mass is 306 g/mol. The zero-order chi connectivity index (χ0) is 15.4. The van der Waals surface area contributed by atoms with Crippen molar-refractivity contribution in [3.63, 3.8) is 0 Å². The van der Waals surface area contributed by atoms with Gasteiger partial charge in [0, 0.05) is 19.1 Å². The second kappa shape index (κ2) is 7.14. The number of fused-ring (bicyclic) bond motifs is 2. The Hall–Kier alpha value is -0.870. The minimum atomic E-state index is -0.630. The first kappa shape index (κ1) is 16.0. The topological polar surface area (TPSA) is 52.6 Å². The SMILES string of the molecule is O=C(O)C12CNN3CCCC3CCCCCCC/C=C\C1C2. The molecular formula is C18H30N2O2. The van der Waals surface area contributed by atoms with E-state index in [0.29, 0.717) is 12.6 Å². The molecule has 2 N–H and O–H groups in total. The Kier molecular flexibility index (Phi) is 5.19. The molecular weight excluding hydrogens is 276 g/mol. The van der Waals surface area contributed by atoms with Gasteiger partial charge in [0.05, 0.1) is 5.41 Å². The van der Waals surface area contributed by atoms with Gasteiger partial charge < -0.3 is 5.11 Å². The van der Waals surface area contributed by atoms with E-state index in [-0.39, 0.29) is 5.92 Å². The minimum Gasteiger partial charge on any atom is -0.481 e. The zero-order valence-electron chi connectivity index (χ0n) is 13.6.